The number of hydrogen-bond donors (Lipinski definition) is 3. The molecule has 0 saturated heterocycles. The molecule has 28 heavy (non-hydrogen) atoms. The van der Waals surface area contributed by atoms with E-state index >= 15 is 0 Å². The van der Waals surface area contributed by atoms with Gasteiger partial charge in [0.25, 0.3) is 0 Å². The summed E-state index contributed by atoms with van der Waals surface area (Å²) in [6, 6.07) is 5.57. The van der Waals surface area contributed by atoms with Gasteiger partial charge in [-0.25, -0.2) is 15.2 Å². The number of nitrogens with zero attached hydrogens (tertiary/aromatic N) is 4. The van der Waals surface area contributed by atoms with E-state index in [1.165, 1.54) is 0 Å². The third-order valence-electron chi connectivity index (χ3n) is 4.51. The quantitative estimate of drug-likeness (QED) is 0.621. The number of aliphatic hydroxyl groups is 1. The van der Waals surface area contributed by atoms with Crippen LogP contribution in [0.15, 0.2) is 36.8 Å². The summed E-state index contributed by atoms with van der Waals surface area (Å²) in [5.41, 5.74) is 8.58. The number of hydrogen-bond acceptors (Lipinski definition) is 7. The normalized spacial score (nSPS) is 12.8. The number of pyridine rings is 3. The summed E-state index contributed by atoms with van der Waals surface area (Å²) in [6.07, 6.45) is 7.42. The lowest BCUT2D eigenvalue weighted by Crippen LogP contribution is -2.14. The molecule has 8 heteroatoms. The Bertz CT molecular complexity index is 1030. The van der Waals surface area contributed by atoms with Gasteiger partial charge in [0.15, 0.2) is 0 Å². The second-order valence-electron chi connectivity index (χ2n) is 6.45. The van der Waals surface area contributed by atoms with Gasteiger partial charge >= 0.3 is 0 Å². The molecule has 0 aliphatic heterocycles. The highest BCUT2D eigenvalue weighted by Crippen LogP contribution is 2.31. The summed E-state index contributed by atoms with van der Waals surface area (Å²) in [4.78, 5) is 24.9. The molecule has 142 valence electrons. The molecule has 3 heterocycles. The van der Waals surface area contributed by atoms with Gasteiger partial charge in [0.1, 0.15) is 11.6 Å². The van der Waals surface area contributed by atoms with Crippen LogP contribution in [0.2, 0.25) is 0 Å². The fraction of sp³-hybridized carbons (Fsp3) is 0.250. The van der Waals surface area contributed by atoms with Crippen molar-refractivity contribution in [3.05, 3.63) is 42.4 Å². The van der Waals surface area contributed by atoms with Crippen molar-refractivity contribution < 1.29 is 9.90 Å². The van der Waals surface area contributed by atoms with Crippen LogP contribution in [-0.4, -0.2) is 32.6 Å². The molecule has 0 unspecified atom stereocenters. The van der Waals surface area contributed by atoms with Crippen molar-refractivity contribution in [1.82, 2.24) is 15.0 Å². The molecule has 4 N–H and O–H groups in total. The van der Waals surface area contributed by atoms with Crippen molar-refractivity contribution in [2.75, 3.05) is 17.7 Å². The predicted octanol–water partition coefficient (Wildman–Crippen LogP) is 2.30. The highest BCUT2D eigenvalue weighted by molar-refractivity contribution is 5.98. The van der Waals surface area contributed by atoms with Gasteiger partial charge in [0.05, 0.1) is 5.69 Å². The van der Waals surface area contributed by atoms with E-state index in [-0.39, 0.29) is 18.4 Å². The first-order chi connectivity index (χ1) is 13.7. The monoisotopic (exact) mass is 376 g/mol. The van der Waals surface area contributed by atoms with Gasteiger partial charge in [0.2, 0.25) is 5.91 Å². The lowest BCUT2D eigenvalue weighted by Gasteiger charge is -2.11. The average Bonchev–Trinajstić information content (AvgIpc) is 3.55. The highest BCUT2D eigenvalue weighted by Gasteiger charge is 2.29. The van der Waals surface area contributed by atoms with E-state index in [1.807, 2.05) is 12.1 Å². The standard InChI is InChI=1S/C19H19N5O2.CHN/c20-18-15-10-22-17(24-19(26)12-1-2-12)8-13(15)7-16(23-18)14-9-21-5-3-11(14)4-6-25;1-2/h3,5,7-10,12,25H,1-2,4,6H2,(H2,20,23)(H,22,24,26);1H. The molecule has 0 spiro atoms. The fourth-order valence-electron chi connectivity index (χ4n) is 2.95. The van der Waals surface area contributed by atoms with E-state index in [0.29, 0.717) is 23.8 Å². The number of aliphatic hydroxyl groups excluding tert-OH is 1. The van der Waals surface area contributed by atoms with Crippen LogP contribution in [-0.2, 0) is 11.2 Å². The van der Waals surface area contributed by atoms with Crippen LogP contribution in [0.5, 0.6) is 0 Å². The van der Waals surface area contributed by atoms with Gasteiger partial charge in [-0.3, -0.25) is 9.78 Å². The second-order valence-corrected chi connectivity index (χ2v) is 6.45. The summed E-state index contributed by atoms with van der Waals surface area (Å²) in [7, 11) is 0. The zero-order chi connectivity index (χ0) is 20.1. The number of nitrogens with two attached hydrogens (primary N) is 1. The maximum atomic E-state index is 12.0. The number of fused-ring (bicyclic) bond motifs is 1. The van der Waals surface area contributed by atoms with Gasteiger partial charge < -0.3 is 16.2 Å². The number of nitriles is 1. The van der Waals surface area contributed by atoms with Crippen LogP contribution in [0.4, 0.5) is 11.6 Å². The molecule has 1 aliphatic rings. The summed E-state index contributed by atoms with van der Waals surface area (Å²) in [6.45, 7) is 3.54. The SMILES string of the molecule is C#N.Nc1nc(-c2cnccc2CCO)cc2cc(NC(=O)C3CC3)ncc12. The number of rotatable bonds is 5. The third kappa shape index (κ3) is 4.05. The molecule has 1 aliphatic carbocycles. The van der Waals surface area contributed by atoms with Crippen molar-refractivity contribution in [3.63, 3.8) is 0 Å². The number of nitrogen functional groups attached to an aromatic ring is 1. The third-order valence-corrected chi connectivity index (χ3v) is 4.51. The first kappa shape index (κ1) is 19.2. The highest BCUT2D eigenvalue weighted by atomic mass is 16.3. The van der Waals surface area contributed by atoms with Crippen LogP contribution in [0, 0.1) is 17.8 Å². The van der Waals surface area contributed by atoms with Gasteiger partial charge in [0, 0.05) is 48.6 Å². The molecule has 0 bridgehead atoms. The Morgan fingerprint density at radius 2 is 2.11 bits per heavy atom. The second kappa shape index (κ2) is 8.41. The van der Waals surface area contributed by atoms with Crippen molar-refractivity contribution in [1.29, 1.82) is 5.26 Å². The topological polar surface area (TPSA) is 138 Å². The molecule has 1 amide bonds. The molecular weight excluding hydrogens is 356 g/mol. The minimum atomic E-state index is 0.0107. The first-order valence-corrected chi connectivity index (χ1v) is 8.83. The Morgan fingerprint density at radius 3 is 2.82 bits per heavy atom. The summed E-state index contributed by atoms with van der Waals surface area (Å²) >= 11 is 0. The number of aromatic nitrogens is 3. The van der Waals surface area contributed by atoms with E-state index in [0.717, 1.165) is 34.7 Å². The van der Waals surface area contributed by atoms with Crippen molar-refractivity contribution in [2.24, 2.45) is 5.92 Å². The Morgan fingerprint density at radius 1 is 1.32 bits per heavy atom. The summed E-state index contributed by atoms with van der Waals surface area (Å²) in [5.74, 6) is 0.996. The van der Waals surface area contributed by atoms with Crippen LogP contribution in [0.25, 0.3) is 22.0 Å². The average molecular weight is 376 g/mol. The van der Waals surface area contributed by atoms with E-state index in [2.05, 4.69) is 26.8 Å². The Balaban J connectivity index is 0.00000109. The zero-order valence-corrected chi connectivity index (χ0v) is 15.2. The molecule has 3 aromatic rings. The minimum Gasteiger partial charge on any atom is -0.396 e. The molecule has 0 atom stereocenters. The van der Waals surface area contributed by atoms with Gasteiger partial charge in [-0.2, -0.15) is 0 Å². The molecular formula is C20H20N6O2. The van der Waals surface area contributed by atoms with Crippen molar-refractivity contribution in [3.8, 4) is 17.8 Å². The number of carbonyl (C=O) groups is 1. The summed E-state index contributed by atoms with van der Waals surface area (Å²) in [5, 5.41) is 20.2. The number of anilines is 2. The molecule has 1 saturated carbocycles. The Labute approximate surface area is 162 Å². The van der Waals surface area contributed by atoms with Crippen molar-refractivity contribution in [2.45, 2.75) is 19.3 Å². The molecule has 0 radical (unpaired) electrons. The maximum absolute atomic E-state index is 12.0. The number of amides is 1. The van der Waals surface area contributed by atoms with Gasteiger partial charge in [-0.1, -0.05) is 0 Å². The lowest BCUT2D eigenvalue weighted by atomic mass is 10.0. The van der Waals surface area contributed by atoms with Crippen molar-refractivity contribution >= 4 is 28.3 Å². The van der Waals surface area contributed by atoms with E-state index in [4.69, 9.17) is 11.0 Å². The molecule has 1 fully saturated rings. The van der Waals surface area contributed by atoms with Crippen LogP contribution in [0.1, 0.15) is 18.4 Å². The molecule has 4 rings (SSSR count). The van der Waals surface area contributed by atoms with E-state index < -0.39 is 0 Å². The Hall–Kier alpha value is -3.57. The largest absolute Gasteiger partial charge is 0.396 e. The van der Waals surface area contributed by atoms with Gasteiger partial charge in [-0.15, -0.1) is 0 Å². The van der Waals surface area contributed by atoms with Crippen LogP contribution in [0.3, 0.4) is 0 Å². The molecule has 0 aromatic carbocycles. The molecule has 3 aromatic heterocycles. The maximum Gasteiger partial charge on any atom is 0.228 e. The minimum absolute atomic E-state index is 0.0107. The van der Waals surface area contributed by atoms with Gasteiger partial charge in [-0.05, 0) is 48.4 Å². The van der Waals surface area contributed by atoms with E-state index in [9.17, 15) is 9.90 Å². The number of carbonyl (C=O) groups excluding carboxylic acids is 1. The lowest BCUT2D eigenvalue weighted by molar-refractivity contribution is -0.117. The Kier molecular flexibility index (Phi) is 5.77. The van der Waals surface area contributed by atoms with E-state index in [1.54, 1.807) is 24.7 Å². The van der Waals surface area contributed by atoms with Crippen LogP contribution >= 0.6 is 0 Å². The van der Waals surface area contributed by atoms with Crippen LogP contribution < -0.4 is 11.1 Å². The number of nitrogens with one attached hydrogen (secondary N) is 1. The fourth-order valence-corrected chi connectivity index (χ4v) is 2.95. The smallest absolute Gasteiger partial charge is 0.228 e. The molecule has 8 nitrogen and oxygen atoms in total. The predicted molar refractivity (Wildman–Crippen MR) is 106 cm³/mol. The summed E-state index contributed by atoms with van der Waals surface area (Å²) < 4.78 is 0. The first-order valence-electron chi connectivity index (χ1n) is 8.83. The zero-order valence-electron chi connectivity index (χ0n) is 15.2.